The molecule has 0 saturated heterocycles. The van der Waals surface area contributed by atoms with Crippen molar-refractivity contribution < 1.29 is 14.6 Å². The Morgan fingerprint density at radius 2 is 2.00 bits per heavy atom. The third-order valence-electron chi connectivity index (χ3n) is 3.49. The Kier molecular flexibility index (Phi) is 3.81. The summed E-state index contributed by atoms with van der Waals surface area (Å²) in [5.74, 6) is -0.250. The fourth-order valence-corrected chi connectivity index (χ4v) is 2.65. The van der Waals surface area contributed by atoms with Gasteiger partial charge in [0, 0.05) is 5.02 Å². The van der Waals surface area contributed by atoms with Crippen LogP contribution in [0.25, 0.3) is 0 Å². The topological polar surface area (TPSA) is 46.5 Å². The molecular formula is C14H17ClO3. The van der Waals surface area contributed by atoms with Gasteiger partial charge in [-0.3, -0.25) is 0 Å². The number of rotatable bonds is 3. The number of aliphatic carboxylic acids is 1. The molecule has 0 amide bonds. The van der Waals surface area contributed by atoms with Crippen molar-refractivity contribution in [1.82, 2.24) is 0 Å². The van der Waals surface area contributed by atoms with Crippen LogP contribution in [-0.4, -0.2) is 16.7 Å². The summed E-state index contributed by atoms with van der Waals surface area (Å²) in [5.41, 5.74) is -0.190. The second kappa shape index (κ2) is 5.19. The maximum Gasteiger partial charge on any atom is 0.348 e. The fraction of sp³-hybridized carbons (Fsp3) is 0.500. The predicted octanol–water partition coefficient (Wildman–Crippen LogP) is 3.81. The van der Waals surface area contributed by atoms with E-state index in [2.05, 4.69) is 0 Å². The van der Waals surface area contributed by atoms with Crippen LogP contribution in [0.3, 0.4) is 0 Å². The zero-order valence-electron chi connectivity index (χ0n) is 10.4. The van der Waals surface area contributed by atoms with Gasteiger partial charge in [-0.2, -0.15) is 0 Å². The van der Waals surface area contributed by atoms with Crippen molar-refractivity contribution in [2.75, 3.05) is 0 Å². The molecule has 1 N–H and O–H groups in total. The highest BCUT2D eigenvalue weighted by atomic mass is 35.5. The average Bonchev–Trinajstić information content (AvgIpc) is 2.34. The van der Waals surface area contributed by atoms with Crippen LogP contribution >= 0.6 is 11.6 Å². The molecule has 0 aromatic heterocycles. The first-order valence-electron chi connectivity index (χ1n) is 6.22. The number of aryl methyl sites for hydroxylation is 1. The number of carbonyl (C=O) groups is 1. The normalized spacial score (nSPS) is 18.3. The second-order valence-electron chi connectivity index (χ2n) is 4.87. The standard InChI is InChI=1S/C14H17ClO3/c1-10-9-11(15)5-6-12(10)18-14(13(16)17)7-3-2-4-8-14/h5-6,9H,2-4,7-8H2,1H3,(H,16,17). The van der Waals surface area contributed by atoms with Crippen LogP contribution in [-0.2, 0) is 4.79 Å². The maximum absolute atomic E-state index is 11.5. The summed E-state index contributed by atoms with van der Waals surface area (Å²) in [6.45, 7) is 1.87. The molecule has 1 aromatic rings. The van der Waals surface area contributed by atoms with Crippen molar-refractivity contribution in [3.05, 3.63) is 28.8 Å². The first-order chi connectivity index (χ1) is 8.53. The van der Waals surface area contributed by atoms with Gasteiger partial charge < -0.3 is 9.84 Å². The summed E-state index contributed by atoms with van der Waals surface area (Å²) in [4.78, 5) is 11.5. The molecule has 0 aliphatic heterocycles. The molecule has 0 spiro atoms. The van der Waals surface area contributed by atoms with Crippen molar-refractivity contribution in [2.45, 2.75) is 44.6 Å². The molecule has 3 nitrogen and oxygen atoms in total. The number of benzene rings is 1. The molecule has 1 aliphatic rings. The van der Waals surface area contributed by atoms with Crippen LogP contribution in [0.15, 0.2) is 18.2 Å². The quantitative estimate of drug-likeness (QED) is 0.907. The Hall–Kier alpha value is -1.22. The largest absolute Gasteiger partial charge is 0.478 e. The zero-order valence-corrected chi connectivity index (χ0v) is 11.2. The van der Waals surface area contributed by atoms with Crippen molar-refractivity contribution in [1.29, 1.82) is 0 Å². The molecule has 4 heteroatoms. The Labute approximate surface area is 112 Å². The SMILES string of the molecule is Cc1cc(Cl)ccc1OC1(C(=O)O)CCCCC1. The molecular weight excluding hydrogens is 252 g/mol. The van der Waals surface area contributed by atoms with E-state index < -0.39 is 11.6 Å². The van der Waals surface area contributed by atoms with E-state index >= 15 is 0 Å². The molecule has 0 unspecified atom stereocenters. The number of hydrogen-bond donors (Lipinski definition) is 1. The Morgan fingerprint density at radius 1 is 1.33 bits per heavy atom. The minimum atomic E-state index is -1.06. The van der Waals surface area contributed by atoms with Gasteiger partial charge in [0.05, 0.1) is 0 Å². The molecule has 1 fully saturated rings. The van der Waals surface area contributed by atoms with Gasteiger partial charge in [-0.25, -0.2) is 4.79 Å². The lowest BCUT2D eigenvalue weighted by Crippen LogP contribution is -2.46. The van der Waals surface area contributed by atoms with Crippen molar-refractivity contribution in [2.24, 2.45) is 0 Å². The monoisotopic (exact) mass is 268 g/mol. The molecule has 0 atom stereocenters. The number of ether oxygens (including phenoxy) is 1. The van der Waals surface area contributed by atoms with E-state index in [1.54, 1.807) is 18.2 Å². The molecule has 0 bridgehead atoms. The van der Waals surface area contributed by atoms with Crippen LogP contribution < -0.4 is 4.74 Å². The summed E-state index contributed by atoms with van der Waals surface area (Å²) in [5, 5.41) is 10.1. The number of halogens is 1. The highest BCUT2D eigenvalue weighted by Gasteiger charge is 2.42. The Bertz CT molecular complexity index is 450. The van der Waals surface area contributed by atoms with Crippen LogP contribution in [0.5, 0.6) is 5.75 Å². The fourth-order valence-electron chi connectivity index (χ4n) is 2.42. The van der Waals surface area contributed by atoms with Gasteiger partial charge in [-0.15, -0.1) is 0 Å². The summed E-state index contributed by atoms with van der Waals surface area (Å²) >= 11 is 5.89. The van der Waals surface area contributed by atoms with Crippen molar-refractivity contribution in [3.63, 3.8) is 0 Å². The average molecular weight is 269 g/mol. The highest BCUT2D eigenvalue weighted by Crippen LogP contribution is 2.35. The number of carboxylic acid groups (broad SMARTS) is 1. The van der Waals surface area contributed by atoms with Gasteiger partial charge in [0.2, 0.25) is 5.60 Å². The maximum atomic E-state index is 11.5. The van der Waals surface area contributed by atoms with Crippen LogP contribution in [0.4, 0.5) is 0 Å². The lowest BCUT2D eigenvalue weighted by atomic mass is 9.84. The first kappa shape index (κ1) is 13.2. The number of hydrogen-bond acceptors (Lipinski definition) is 2. The van der Waals surface area contributed by atoms with Crippen molar-refractivity contribution >= 4 is 17.6 Å². The number of carboxylic acids is 1. The molecule has 98 valence electrons. The Morgan fingerprint density at radius 3 is 2.56 bits per heavy atom. The van der Waals surface area contributed by atoms with E-state index in [-0.39, 0.29) is 0 Å². The molecule has 1 aromatic carbocycles. The molecule has 18 heavy (non-hydrogen) atoms. The van der Waals surface area contributed by atoms with E-state index in [9.17, 15) is 9.90 Å². The molecule has 1 saturated carbocycles. The molecule has 2 rings (SSSR count). The minimum Gasteiger partial charge on any atom is -0.478 e. The van der Waals surface area contributed by atoms with Crippen LogP contribution in [0.1, 0.15) is 37.7 Å². The van der Waals surface area contributed by atoms with Crippen LogP contribution in [0, 0.1) is 6.92 Å². The molecule has 0 radical (unpaired) electrons. The highest BCUT2D eigenvalue weighted by molar-refractivity contribution is 6.30. The van der Waals surface area contributed by atoms with E-state index in [1.807, 2.05) is 6.92 Å². The minimum absolute atomic E-state index is 0.574. The molecule has 1 aliphatic carbocycles. The van der Waals surface area contributed by atoms with Crippen LogP contribution in [0.2, 0.25) is 5.02 Å². The van der Waals surface area contributed by atoms with Gasteiger partial charge in [0.1, 0.15) is 5.75 Å². The third kappa shape index (κ3) is 2.61. The van der Waals surface area contributed by atoms with Gasteiger partial charge in [-0.05, 0) is 56.4 Å². The third-order valence-corrected chi connectivity index (χ3v) is 3.73. The zero-order chi connectivity index (χ0) is 13.2. The van der Waals surface area contributed by atoms with Gasteiger partial charge in [-0.1, -0.05) is 18.0 Å². The summed E-state index contributed by atoms with van der Waals surface area (Å²) in [7, 11) is 0. The second-order valence-corrected chi connectivity index (χ2v) is 5.31. The van der Waals surface area contributed by atoms with Gasteiger partial charge in [0.15, 0.2) is 0 Å². The van der Waals surface area contributed by atoms with Gasteiger partial charge in [0.25, 0.3) is 0 Å². The lowest BCUT2D eigenvalue weighted by molar-refractivity contribution is -0.158. The van der Waals surface area contributed by atoms with E-state index in [0.29, 0.717) is 23.6 Å². The summed E-state index contributed by atoms with van der Waals surface area (Å²) in [6, 6.07) is 5.26. The van der Waals surface area contributed by atoms with E-state index in [1.165, 1.54) is 0 Å². The molecule has 0 heterocycles. The summed E-state index contributed by atoms with van der Waals surface area (Å²) < 4.78 is 5.83. The summed E-state index contributed by atoms with van der Waals surface area (Å²) in [6.07, 6.45) is 4.03. The Balaban J connectivity index is 2.26. The van der Waals surface area contributed by atoms with Gasteiger partial charge >= 0.3 is 5.97 Å². The lowest BCUT2D eigenvalue weighted by Gasteiger charge is -2.34. The first-order valence-corrected chi connectivity index (χ1v) is 6.60. The van der Waals surface area contributed by atoms with E-state index in [0.717, 1.165) is 24.8 Å². The predicted molar refractivity (Wildman–Crippen MR) is 70.3 cm³/mol. The van der Waals surface area contributed by atoms with Crippen molar-refractivity contribution in [3.8, 4) is 5.75 Å². The smallest absolute Gasteiger partial charge is 0.348 e. The van der Waals surface area contributed by atoms with E-state index in [4.69, 9.17) is 16.3 Å².